The van der Waals surface area contributed by atoms with E-state index in [1.807, 2.05) is 0 Å². The second-order valence-corrected chi connectivity index (χ2v) is 11.2. The number of carbonyl (C=O) groups is 2. The molecular weight excluding hydrogens is 452 g/mol. The number of piperazine rings is 1. The number of hydrogen-bond donors (Lipinski definition) is 0. The van der Waals surface area contributed by atoms with Crippen LogP contribution in [0.3, 0.4) is 0 Å². The van der Waals surface area contributed by atoms with Gasteiger partial charge in [0.25, 0.3) is 0 Å². The normalized spacial score (nSPS) is 15.6. The Bertz CT molecular complexity index is 1060. The van der Waals surface area contributed by atoms with Crippen LogP contribution in [0.5, 0.6) is 11.5 Å². The molecule has 2 rings (SSSR count). The summed E-state index contributed by atoms with van der Waals surface area (Å²) < 4.78 is 61.0. The maximum absolute atomic E-state index is 12.6. The molecule has 0 aliphatic carbocycles. The van der Waals surface area contributed by atoms with Crippen molar-refractivity contribution in [2.24, 2.45) is 0 Å². The van der Waals surface area contributed by atoms with E-state index >= 15 is 0 Å². The molecule has 1 saturated heterocycles. The summed E-state index contributed by atoms with van der Waals surface area (Å²) in [4.78, 5) is 27.4. The number of benzene rings is 1. The lowest BCUT2D eigenvalue weighted by atomic mass is 10.1. The second-order valence-electron chi connectivity index (χ2n) is 8.06. The molecule has 0 atom stereocenters. The van der Waals surface area contributed by atoms with Crippen LogP contribution in [0.15, 0.2) is 18.2 Å². The number of carbonyl (C=O) groups excluding carboxylic acids is 2. The molecule has 0 saturated carbocycles. The van der Waals surface area contributed by atoms with Crippen LogP contribution in [0.4, 0.5) is 4.79 Å². The van der Waals surface area contributed by atoms with Crippen LogP contribution >= 0.6 is 0 Å². The van der Waals surface area contributed by atoms with Gasteiger partial charge in [-0.15, -0.1) is 0 Å². The Hall–Kier alpha value is -2.54. The monoisotopic (exact) mass is 478 g/mol. The highest BCUT2D eigenvalue weighted by Gasteiger charge is 2.31. The molecule has 0 N–H and O–H groups in total. The summed E-state index contributed by atoms with van der Waals surface area (Å²) in [6, 6.07) is 3.78. The van der Waals surface area contributed by atoms with E-state index < -0.39 is 37.8 Å². The molecule has 1 heterocycles. The zero-order valence-electron chi connectivity index (χ0n) is 17.9. The predicted molar refractivity (Wildman–Crippen MR) is 111 cm³/mol. The van der Waals surface area contributed by atoms with Crippen molar-refractivity contribution in [1.29, 1.82) is 0 Å². The molecule has 0 spiro atoms. The van der Waals surface area contributed by atoms with E-state index in [1.165, 1.54) is 28.0 Å². The van der Waals surface area contributed by atoms with Crippen molar-refractivity contribution in [2.75, 3.05) is 32.1 Å². The van der Waals surface area contributed by atoms with Crippen molar-refractivity contribution in [3.05, 3.63) is 23.8 Å². The first-order valence-electron chi connectivity index (χ1n) is 9.20. The minimum atomic E-state index is -3.87. The number of rotatable bonds is 6. The number of ether oxygens (including phenoxy) is 1. The summed E-state index contributed by atoms with van der Waals surface area (Å²) in [5.41, 5.74) is -0.472. The predicted octanol–water partition coefficient (Wildman–Crippen LogP) is 0.943. The van der Waals surface area contributed by atoms with Gasteiger partial charge in [0.2, 0.25) is 5.91 Å². The van der Waals surface area contributed by atoms with Gasteiger partial charge in [0.15, 0.2) is 0 Å². The average Bonchev–Trinajstić information content (AvgIpc) is 2.54. The number of nitrogens with zero attached hydrogens (tertiary/aromatic N) is 2. The highest BCUT2D eigenvalue weighted by atomic mass is 32.2. The fourth-order valence-electron chi connectivity index (χ4n) is 2.71. The summed E-state index contributed by atoms with van der Waals surface area (Å²) in [6.07, 6.45) is 1.13. The number of amides is 2. The van der Waals surface area contributed by atoms with Crippen LogP contribution in [0, 0.1) is 0 Å². The van der Waals surface area contributed by atoms with Gasteiger partial charge in [0.1, 0.15) is 23.6 Å². The van der Waals surface area contributed by atoms with Crippen molar-refractivity contribution in [3.63, 3.8) is 0 Å². The smallest absolute Gasteiger partial charge is 0.410 e. The Kier molecular flexibility index (Phi) is 7.10. The maximum Gasteiger partial charge on any atom is 0.410 e. The molecule has 31 heavy (non-hydrogen) atoms. The van der Waals surface area contributed by atoms with Crippen molar-refractivity contribution in [1.82, 2.24) is 9.80 Å². The van der Waals surface area contributed by atoms with E-state index in [0.29, 0.717) is 0 Å². The lowest BCUT2D eigenvalue weighted by molar-refractivity contribution is -0.136. The quantitative estimate of drug-likeness (QED) is 0.547. The Morgan fingerprint density at radius 3 is 2.16 bits per heavy atom. The summed E-state index contributed by atoms with van der Waals surface area (Å²) in [7, 11) is -7.69. The van der Waals surface area contributed by atoms with Gasteiger partial charge in [0, 0.05) is 25.2 Å². The van der Waals surface area contributed by atoms with Crippen LogP contribution in [-0.2, 0) is 36.3 Å². The minimum Gasteiger partial charge on any atom is -0.444 e. The summed E-state index contributed by atoms with van der Waals surface area (Å²) in [5, 5.41) is 0. The molecule has 174 valence electrons. The standard InChI is InChI=1S/C18H26N2O9S2/c1-18(2,3)27-17(22)20-9-8-19(16(21)12-20)11-13-10-14(28-30(4,23)24)6-7-15(13)29-31(5,25)26/h6-7,10H,8-9,11-12H2,1-5H3. The lowest BCUT2D eigenvalue weighted by Gasteiger charge is -2.35. The fourth-order valence-corrected chi connectivity index (χ4v) is 3.66. The third-order valence-electron chi connectivity index (χ3n) is 3.85. The van der Waals surface area contributed by atoms with Gasteiger partial charge in [0.05, 0.1) is 12.5 Å². The van der Waals surface area contributed by atoms with Crippen molar-refractivity contribution in [2.45, 2.75) is 32.9 Å². The highest BCUT2D eigenvalue weighted by Crippen LogP contribution is 2.28. The molecule has 0 bridgehead atoms. The van der Waals surface area contributed by atoms with Gasteiger partial charge in [-0.1, -0.05) is 0 Å². The van der Waals surface area contributed by atoms with Crippen LogP contribution in [0.2, 0.25) is 0 Å². The zero-order chi connectivity index (χ0) is 23.6. The molecule has 1 fully saturated rings. The maximum atomic E-state index is 12.6. The molecule has 1 aliphatic heterocycles. The van der Waals surface area contributed by atoms with Crippen LogP contribution < -0.4 is 8.37 Å². The molecular formula is C18H26N2O9S2. The molecule has 1 aliphatic rings. The van der Waals surface area contributed by atoms with E-state index in [-0.39, 0.29) is 43.2 Å². The Morgan fingerprint density at radius 2 is 1.65 bits per heavy atom. The molecule has 0 unspecified atom stereocenters. The topological polar surface area (TPSA) is 137 Å². The molecule has 0 aromatic heterocycles. The van der Waals surface area contributed by atoms with Gasteiger partial charge in [-0.05, 0) is 39.0 Å². The van der Waals surface area contributed by atoms with Gasteiger partial charge in [-0.2, -0.15) is 16.8 Å². The third-order valence-corrected chi connectivity index (χ3v) is 4.83. The van der Waals surface area contributed by atoms with E-state index in [9.17, 15) is 26.4 Å². The van der Waals surface area contributed by atoms with Gasteiger partial charge in [-0.3, -0.25) is 9.69 Å². The molecule has 0 radical (unpaired) electrons. The van der Waals surface area contributed by atoms with Crippen LogP contribution in [0.25, 0.3) is 0 Å². The molecule has 2 amide bonds. The Morgan fingerprint density at radius 1 is 1.03 bits per heavy atom. The zero-order valence-corrected chi connectivity index (χ0v) is 19.6. The SMILES string of the molecule is CC(C)(C)OC(=O)N1CCN(Cc2cc(OS(C)(=O)=O)ccc2OS(C)(=O)=O)C(=O)C1. The van der Waals surface area contributed by atoms with E-state index in [4.69, 9.17) is 13.1 Å². The third kappa shape index (κ3) is 8.25. The first-order chi connectivity index (χ1) is 14.0. The summed E-state index contributed by atoms with van der Waals surface area (Å²) >= 11 is 0. The van der Waals surface area contributed by atoms with Crippen molar-refractivity contribution in [3.8, 4) is 11.5 Å². The van der Waals surface area contributed by atoms with Gasteiger partial charge in [-0.25, -0.2) is 4.79 Å². The second kappa shape index (κ2) is 8.91. The highest BCUT2D eigenvalue weighted by molar-refractivity contribution is 7.86. The van der Waals surface area contributed by atoms with Crippen molar-refractivity contribution < 1.29 is 39.5 Å². The number of hydrogen-bond acceptors (Lipinski definition) is 9. The molecule has 11 nitrogen and oxygen atoms in total. The van der Waals surface area contributed by atoms with Crippen LogP contribution in [-0.4, -0.2) is 76.4 Å². The largest absolute Gasteiger partial charge is 0.444 e. The first kappa shape index (κ1) is 24.7. The molecule has 1 aromatic rings. The molecule has 1 aromatic carbocycles. The van der Waals surface area contributed by atoms with Gasteiger partial charge >= 0.3 is 26.3 Å². The Labute approximate surface area is 182 Å². The van der Waals surface area contributed by atoms with E-state index in [2.05, 4.69) is 0 Å². The van der Waals surface area contributed by atoms with Gasteiger partial charge < -0.3 is 18.0 Å². The summed E-state index contributed by atoms with van der Waals surface area (Å²) in [5.74, 6) is -0.513. The van der Waals surface area contributed by atoms with E-state index in [0.717, 1.165) is 12.5 Å². The fraction of sp³-hybridized carbons (Fsp3) is 0.556. The average molecular weight is 479 g/mol. The Balaban J connectivity index is 2.21. The van der Waals surface area contributed by atoms with Crippen LogP contribution in [0.1, 0.15) is 26.3 Å². The van der Waals surface area contributed by atoms with E-state index in [1.54, 1.807) is 20.8 Å². The lowest BCUT2D eigenvalue weighted by Crippen LogP contribution is -2.52. The summed E-state index contributed by atoms with van der Waals surface area (Å²) in [6.45, 7) is 5.24. The first-order valence-corrected chi connectivity index (χ1v) is 12.8. The minimum absolute atomic E-state index is 0.0572. The van der Waals surface area contributed by atoms with Crippen molar-refractivity contribution >= 4 is 32.2 Å². The molecule has 13 heteroatoms.